The minimum absolute atomic E-state index is 0.121. The lowest BCUT2D eigenvalue weighted by atomic mass is 9.98. The Labute approximate surface area is 208 Å². The van der Waals surface area contributed by atoms with Crippen LogP contribution in [0.3, 0.4) is 0 Å². The first-order chi connectivity index (χ1) is 16.4. The van der Waals surface area contributed by atoms with Gasteiger partial charge in [0.05, 0.1) is 17.8 Å². The molecule has 1 amide bonds. The SMILES string of the molecule is CCC(C)c1ccc2oc(-c3ccc(Cl)c(NC(=S)NC(=O)c4ccc(OC)cc4)c3)nc2c1. The molecule has 6 nitrogen and oxygen atoms in total. The first kappa shape index (κ1) is 23.7. The van der Waals surface area contributed by atoms with E-state index in [0.717, 1.165) is 17.5 Å². The highest BCUT2D eigenvalue weighted by atomic mass is 35.5. The van der Waals surface area contributed by atoms with Crippen LogP contribution in [-0.2, 0) is 0 Å². The number of hydrogen-bond acceptors (Lipinski definition) is 5. The van der Waals surface area contributed by atoms with Crippen molar-refractivity contribution in [3.63, 3.8) is 0 Å². The van der Waals surface area contributed by atoms with Gasteiger partial charge in [0, 0.05) is 11.1 Å². The number of benzene rings is 3. The van der Waals surface area contributed by atoms with Gasteiger partial charge in [-0.15, -0.1) is 0 Å². The van der Waals surface area contributed by atoms with E-state index in [1.807, 2.05) is 12.1 Å². The highest BCUT2D eigenvalue weighted by molar-refractivity contribution is 7.80. The lowest BCUT2D eigenvalue weighted by Gasteiger charge is -2.12. The lowest BCUT2D eigenvalue weighted by molar-refractivity contribution is 0.0977. The summed E-state index contributed by atoms with van der Waals surface area (Å²) in [6, 6.07) is 18.2. The van der Waals surface area contributed by atoms with Gasteiger partial charge in [0.25, 0.3) is 5.91 Å². The molecule has 3 aromatic carbocycles. The highest BCUT2D eigenvalue weighted by Crippen LogP contribution is 2.31. The monoisotopic (exact) mass is 493 g/mol. The van der Waals surface area contributed by atoms with Gasteiger partial charge in [-0.25, -0.2) is 4.98 Å². The number of amides is 1. The quantitative estimate of drug-likeness (QED) is 0.288. The molecular weight excluding hydrogens is 470 g/mol. The zero-order valence-electron chi connectivity index (χ0n) is 19.0. The van der Waals surface area contributed by atoms with Crippen LogP contribution in [0.1, 0.15) is 42.1 Å². The number of thiocarbonyl (C=S) groups is 1. The van der Waals surface area contributed by atoms with E-state index < -0.39 is 0 Å². The maximum absolute atomic E-state index is 12.5. The number of ether oxygens (including phenoxy) is 1. The van der Waals surface area contributed by atoms with Crippen molar-refractivity contribution in [1.29, 1.82) is 0 Å². The summed E-state index contributed by atoms with van der Waals surface area (Å²) >= 11 is 11.7. The molecule has 4 aromatic rings. The second-order valence-electron chi connectivity index (χ2n) is 7.89. The van der Waals surface area contributed by atoms with Crippen LogP contribution in [0.2, 0.25) is 5.02 Å². The molecule has 0 aliphatic rings. The van der Waals surface area contributed by atoms with Crippen LogP contribution in [0.5, 0.6) is 5.75 Å². The minimum Gasteiger partial charge on any atom is -0.497 e. The molecule has 1 aromatic heterocycles. The Hall–Kier alpha value is -3.42. The fraction of sp³-hybridized carbons (Fsp3) is 0.192. The molecule has 0 fully saturated rings. The zero-order valence-corrected chi connectivity index (χ0v) is 20.6. The predicted octanol–water partition coefficient (Wildman–Crippen LogP) is 6.80. The Kier molecular flexibility index (Phi) is 7.14. The normalized spacial score (nSPS) is 11.8. The van der Waals surface area contributed by atoms with Crippen molar-refractivity contribution in [2.45, 2.75) is 26.2 Å². The van der Waals surface area contributed by atoms with Gasteiger partial charge in [0.2, 0.25) is 5.89 Å². The number of fused-ring (bicyclic) bond motifs is 1. The number of methoxy groups -OCH3 is 1. The van der Waals surface area contributed by atoms with Crippen LogP contribution in [0.4, 0.5) is 5.69 Å². The molecule has 0 aliphatic carbocycles. The van der Waals surface area contributed by atoms with E-state index >= 15 is 0 Å². The van der Waals surface area contributed by atoms with E-state index in [1.165, 1.54) is 5.56 Å². The van der Waals surface area contributed by atoms with E-state index in [4.69, 9.17) is 33.0 Å². The molecule has 0 aliphatic heterocycles. The molecular formula is C26H24ClN3O3S. The van der Waals surface area contributed by atoms with Crippen molar-refractivity contribution < 1.29 is 13.9 Å². The summed E-state index contributed by atoms with van der Waals surface area (Å²) < 4.78 is 11.1. The van der Waals surface area contributed by atoms with Gasteiger partial charge < -0.3 is 14.5 Å². The van der Waals surface area contributed by atoms with E-state index in [9.17, 15) is 4.79 Å². The number of rotatable bonds is 6. The van der Waals surface area contributed by atoms with Crippen LogP contribution in [-0.4, -0.2) is 23.1 Å². The topological polar surface area (TPSA) is 76.4 Å². The third-order valence-electron chi connectivity index (χ3n) is 5.63. The van der Waals surface area contributed by atoms with Crippen molar-refractivity contribution in [2.75, 3.05) is 12.4 Å². The van der Waals surface area contributed by atoms with Crippen LogP contribution < -0.4 is 15.4 Å². The summed E-state index contributed by atoms with van der Waals surface area (Å²) in [4.78, 5) is 17.1. The number of anilines is 1. The summed E-state index contributed by atoms with van der Waals surface area (Å²) in [7, 11) is 1.57. The molecule has 0 bridgehead atoms. The minimum atomic E-state index is -0.344. The number of hydrogen-bond donors (Lipinski definition) is 2. The summed E-state index contributed by atoms with van der Waals surface area (Å²) in [5, 5.41) is 6.20. The fourth-order valence-corrected chi connectivity index (χ4v) is 3.80. The zero-order chi connectivity index (χ0) is 24.2. The number of oxazole rings is 1. The maximum Gasteiger partial charge on any atom is 0.257 e. The Morgan fingerprint density at radius 2 is 1.91 bits per heavy atom. The second-order valence-corrected chi connectivity index (χ2v) is 8.70. The first-order valence-electron chi connectivity index (χ1n) is 10.8. The van der Waals surface area contributed by atoms with E-state index in [1.54, 1.807) is 43.5 Å². The third kappa shape index (κ3) is 5.21. The average molecular weight is 494 g/mol. The number of aromatic nitrogens is 1. The van der Waals surface area contributed by atoms with Gasteiger partial charge in [0.1, 0.15) is 11.3 Å². The van der Waals surface area contributed by atoms with Gasteiger partial charge >= 0.3 is 0 Å². The Morgan fingerprint density at radius 3 is 2.62 bits per heavy atom. The van der Waals surface area contributed by atoms with Gasteiger partial charge in [0.15, 0.2) is 10.7 Å². The molecule has 0 saturated carbocycles. The van der Waals surface area contributed by atoms with E-state index in [-0.39, 0.29) is 11.0 Å². The Morgan fingerprint density at radius 1 is 1.15 bits per heavy atom. The predicted molar refractivity (Wildman–Crippen MR) is 140 cm³/mol. The summed E-state index contributed by atoms with van der Waals surface area (Å²) in [5.41, 5.74) is 4.46. The lowest BCUT2D eigenvalue weighted by Crippen LogP contribution is -2.34. The number of carbonyl (C=O) groups excluding carboxylic acids is 1. The fourth-order valence-electron chi connectivity index (χ4n) is 3.44. The smallest absolute Gasteiger partial charge is 0.257 e. The van der Waals surface area contributed by atoms with Crippen molar-refractivity contribution in [3.05, 3.63) is 76.8 Å². The maximum atomic E-state index is 12.5. The Balaban J connectivity index is 1.51. The van der Waals surface area contributed by atoms with Crippen molar-refractivity contribution >= 4 is 51.6 Å². The molecule has 0 saturated heterocycles. The summed E-state index contributed by atoms with van der Waals surface area (Å²) in [5.74, 6) is 1.24. The van der Waals surface area contributed by atoms with Crippen LogP contribution in [0.15, 0.2) is 65.1 Å². The molecule has 8 heteroatoms. The van der Waals surface area contributed by atoms with Gasteiger partial charge in [-0.3, -0.25) is 10.1 Å². The summed E-state index contributed by atoms with van der Waals surface area (Å²) in [6.45, 7) is 4.35. The standard InChI is InChI=1S/C26H24ClN3O3S/c1-4-15(2)17-8-12-23-22(13-17)28-25(33-23)18-7-11-20(27)21(14-18)29-26(34)30-24(31)16-5-9-19(32-3)10-6-16/h5-15H,4H2,1-3H3,(H2,29,30,31,34). The molecule has 2 N–H and O–H groups in total. The number of halogens is 1. The van der Waals surface area contributed by atoms with Crippen molar-refractivity contribution in [2.24, 2.45) is 0 Å². The molecule has 34 heavy (non-hydrogen) atoms. The van der Waals surface area contributed by atoms with Crippen LogP contribution in [0.25, 0.3) is 22.6 Å². The van der Waals surface area contributed by atoms with Crippen molar-refractivity contribution in [1.82, 2.24) is 10.3 Å². The number of carbonyl (C=O) groups is 1. The summed E-state index contributed by atoms with van der Waals surface area (Å²) in [6.07, 6.45) is 1.05. The molecule has 1 unspecified atom stereocenters. The number of nitrogens with zero attached hydrogens (tertiary/aromatic N) is 1. The third-order valence-corrected chi connectivity index (χ3v) is 6.17. The van der Waals surface area contributed by atoms with E-state index in [0.29, 0.717) is 39.4 Å². The molecule has 0 radical (unpaired) electrons. The van der Waals surface area contributed by atoms with Crippen LogP contribution in [0, 0.1) is 0 Å². The van der Waals surface area contributed by atoms with Gasteiger partial charge in [-0.1, -0.05) is 31.5 Å². The first-order valence-corrected chi connectivity index (χ1v) is 11.6. The highest BCUT2D eigenvalue weighted by Gasteiger charge is 2.14. The largest absolute Gasteiger partial charge is 0.497 e. The van der Waals surface area contributed by atoms with Gasteiger partial charge in [-0.2, -0.15) is 0 Å². The van der Waals surface area contributed by atoms with Crippen molar-refractivity contribution in [3.8, 4) is 17.2 Å². The Bertz CT molecular complexity index is 1350. The molecule has 1 heterocycles. The van der Waals surface area contributed by atoms with E-state index in [2.05, 4.69) is 41.6 Å². The molecule has 174 valence electrons. The number of nitrogens with one attached hydrogen (secondary N) is 2. The molecule has 4 rings (SSSR count). The second kappa shape index (κ2) is 10.2. The molecule has 0 spiro atoms. The average Bonchev–Trinajstić information content (AvgIpc) is 3.28. The molecule has 1 atom stereocenters. The van der Waals surface area contributed by atoms with Crippen LogP contribution >= 0.6 is 23.8 Å². The van der Waals surface area contributed by atoms with Gasteiger partial charge in [-0.05, 0) is 84.7 Å².